The summed E-state index contributed by atoms with van der Waals surface area (Å²) in [5, 5.41) is 3.20. The molecule has 5 heteroatoms. The van der Waals surface area contributed by atoms with E-state index >= 15 is 0 Å². The third-order valence-corrected chi connectivity index (χ3v) is 4.51. The number of benzene rings is 1. The molecule has 1 aromatic heterocycles. The van der Waals surface area contributed by atoms with E-state index in [9.17, 15) is 0 Å². The van der Waals surface area contributed by atoms with E-state index in [2.05, 4.69) is 51.1 Å². The van der Waals surface area contributed by atoms with Gasteiger partial charge >= 0.3 is 0 Å². The van der Waals surface area contributed by atoms with Gasteiger partial charge in [0, 0.05) is 29.4 Å². The Labute approximate surface area is 131 Å². The Morgan fingerprint density at radius 1 is 1.42 bits per heavy atom. The highest BCUT2D eigenvalue weighted by atomic mass is 79.9. The summed E-state index contributed by atoms with van der Waals surface area (Å²) < 4.78 is 1.13. The van der Waals surface area contributed by atoms with Crippen LogP contribution in [0.2, 0.25) is 0 Å². The molecule has 0 aliphatic heterocycles. The maximum absolute atomic E-state index is 5.75. The zero-order valence-electron chi connectivity index (χ0n) is 10.8. The predicted molar refractivity (Wildman–Crippen MR) is 85.9 cm³/mol. The Morgan fingerprint density at radius 2 is 2.26 bits per heavy atom. The topological polar surface area (TPSA) is 16.1 Å². The quantitative estimate of drug-likeness (QED) is 0.714. The van der Waals surface area contributed by atoms with Crippen LogP contribution in [0.1, 0.15) is 16.3 Å². The van der Waals surface area contributed by atoms with Crippen molar-refractivity contribution in [2.24, 2.45) is 0 Å². The summed E-state index contributed by atoms with van der Waals surface area (Å²) >= 11 is 10.9. The normalized spacial score (nSPS) is 11.2. The third kappa shape index (κ3) is 4.88. The van der Waals surface area contributed by atoms with Crippen molar-refractivity contribution >= 4 is 38.9 Å². The van der Waals surface area contributed by atoms with Crippen molar-refractivity contribution in [3.63, 3.8) is 0 Å². The molecule has 0 radical (unpaired) electrons. The molecule has 2 rings (SSSR count). The molecule has 2 nitrogen and oxygen atoms in total. The fourth-order valence-electron chi connectivity index (χ4n) is 1.84. The SMILES string of the molecule is CN(CCc1nc(CCl)cs1)Cc1cccc(Br)c1. The highest BCUT2D eigenvalue weighted by Gasteiger charge is 2.05. The van der Waals surface area contributed by atoms with Crippen molar-refractivity contribution in [2.45, 2.75) is 18.8 Å². The lowest BCUT2D eigenvalue weighted by molar-refractivity contribution is 0.331. The van der Waals surface area contributed by atoms with Crippen molar-refractivity contribution < 1.29 is 0 Å². The molecule has 19 heavy (non-hydrogen) atoms. The van der Waals surface area contributed by atoms with E-state index in [4.69, 9.17) is 11.6 Å². The van der Waals surface area contributed by atoms with Crippen LogP contribution in [0.3, 0.4) is 0 Å². The summed E-state index contributed by atoms with van der Waals surface area (Å²) in [6, 6.07) is 8.43. The molecule has 0 saturated carbocycles. The van der Waals surface area contributed by atoms with Gasteiger partial charge in [0.2, 0.25) is 0 Å². The van der Waals surface area contributed by atoms with Gasteiger partial charge in [-0.2, -0.15) is 0 Å². The maximum atomic E-state index is 5.75. The summed E-state index contributed by atoms with van der Waals surface area (Å²) in [5.74, 6) is 0.504. The first-order chi connectivity index (χ1) is 9.17. The van der Waals surface area contributed by atoms with Crippen LogP contribution in [0.4, 0.5) is 0 Å². The smallest absolute Gasteiger partial charge is 0.0941 e. The lowest BCUT2D eigenvalue weighted by Crippen LogP contribution is -2.20. The standard InChI is InChI=1S/C14H16BrClN2S/c1-18(9-11-3-2-4-12(15)7-11)6-5-14-17-13(8-16)10-19-14/h2-4,7,10H,5-6,8-9H2,1H3. The number of thiazole rings is 1. The molecule has 0 saturated heterocycles. The largest absolute Gasteiger partial charge is 0.302 e. The first-order valence-corrected chi connectivity index (χ1v) is 8.30. The van der Waals surface area contributed by atoms with E-state index in [0.29, 0.717) is 5.88 Å². The molecule has 1 aromatic carbocycles. The lowest BCUT2D eigenvalue weighted by atomic mass is 10.2. The molecule has 1 heterocycles. The number of hydrogen-bond donors (Lipinski definition) is 0. The average molecular weight is 360 g/mol. The first-order valence-electron chi connectivity index (χ1n) is 6.09. The molecular formula is C14H16BrClN2S. The summed E-state index contributed by atoms with van der Waals surface area (Å²) in [7, 11) is 2.14. The summed E-state index contributed by atoms with van der Waals surface area (Å²) in [6.07, 6.45) is 0.978. The summed E-state index contributed by atoms with van der Waals surface area (Å²) in [4.78, 5) is 6.78. The highest BCUT2D eigenvalue weighted by Crippen LogP contribution is 2.15. The third-order valence-electron chi connectivity index (χ3n) is 2.79. The minimum absolute atomic E-state index is 0.504. The Balaban J connectivity index is 1.82. The molecule has 2 aromatic rings. The van der Waals surface area contributed by atoms with Gasteiger partial charge in [-0.25, -0.2) is 4.98 Å². The molecule has 0 spiro atoms. The zero-order valence-corrected chi connectivity index (χ0v) is 13.9. The maximum Gasteiger partial charge on any atom is 0.0941 e. The average Bonchev–Trinajstić information content (AvgIpc) is 2.84. The fourth-order valence-corrected chi connectivity index (χ4v) is 3.30. The number of halogens is 2. The predicted octanol–water partition coefficient (Wildman–Crippen LogP) is 4.32. The number of aromatic nitrogens is 1. The van der Waals surface area contributed by atoms with Crippen LogP contribution >= 0.6 is 38.9 Å². The van der Waals surface area contributed by atoms with Gasteiger partial charge in [0.15, 0.2) is 0 Å². The number of nitrogens with zero attached hydrogens (tertiary/aromatic N) is 2. The molecule has 0 amide bonds. The molecule has 0 aliphatic carbocycles. The van der Waals surface area contributed by atoms with Crippen LogP contribution in [0.25, 0.3) is 0 Å². The number of hydrogen-bond acceptors (Lipinski definition) is 3. The molecule has 0 unspecified atom stereocenters. The molecule has 0 fully saturated rings. The minimum atomic E-state index is 0.504. The molecule has 0 bridgehead atoms. The van der Waals surface area contributed by atoms with E-state index < -0.39 is 0 Å². The monoisotopic (exact) mass is 358 g/mol. The van der Waals surface area contributed by atoms with Gasteiger partial charge in [-0.1, -0.05) is 28.1 Å². The lowest BCUT2D eigenvalue weighted by Gasteiger charge is -2.16. The summed E-state index contributed by atoms with van der Waals surface area (Å²) in [5.41, 5.74) is 2.30. The Hall–Kier alpha value is -0.420. The Bertz CT molecular complexity index is 530. The molecular weight excluding hydrogens is 344 g/mol. The van der Waals surface area contributed by atoms with Gasteiger partial charge in [0.1, 0.15) is 0 Å². The number of rotatable bonds is 6. The van der Waals surface area contributed by atoms with E-state index in [-0.39, 0.29) is 0 Å². The molecule has 102 valence electrons. The van der Waals surface area contributed by atoms with Gasteiger partial charge in [-0.15, -0.1) is 22.9 Å². The second-order valence-electron chi connectivity index (χ2n) is 4.48. The van der Waals surface area contributed by atoms with Gasteiger partial charge in [0.05, 0.1) is 16.6 Å². The van der Waals surface area contributed by atoms with Crippen LogP contribution in [0, 0.1) is 0 Å². The van der Waals surface area contributed by atoms with Gasteiger partial charge in [-0.3, -0.25) is 0 Å². The van der Waals surface area contributed by atoms with Crippen LogP contribution < -0.4 is 0 Å². The van der Waals surface area contributed by atoms with Gasteiger partial charge in [0.25, 0.3) is 0 Å². The minimum Gasteiger partial charge on any atom is -0.302 e. The zero-order chi connectivity index (χ0) is 13.7. The summed E-state index contributed by atoms with van der Waals surface area (Å²) in [6.45, 7) is 1.95. The van der Waals surface area contributed by atoms with Crippen LogP contribution in [0.5, 0.6) is 0 Å². The van der Waals surface area contributed by atoms with E-state index in [1.807, 2.05) is 11.4 Å². The van der Waals surface area contributed by atoms with Crippen LogP contribution in [-0.4, -0.2) is 23.5 Å². The van der Waals surface area contributed by atoms with Crippen molar-refractivity contribution in [1.82, 2.24) is 9.88 Å². The van der Waals surface area contributed by atoms with E-state index in [0.717, 1.165) is 34.7 Å². The molecule has 0 N–H and O–H groups in total. The second kappa shape index (κ2) is 7.39. The Kier molecular flexibility index (Phi) is 5.82. The van der Waals surface area contributed by atoms with Crippen molar-refractivity contribution in [2.75, 3.05) is 13.6 Å². The fraction of sp³-hybridized carbons (Fsp3) is 0.357. The van der Waals surface area contributed by atoms with Gasteiger partial charge in [-0.05, 0) is 24.7 Å². The van der Waals surface area contributed by atoms with Crippen molar-refractivity contribution in [3.05, 3.63) is 50.4 Å². The van der Waals surface area contributed by atoms with Crippen molar-refractivity contribution in [3.8, 4) is 0 Å². The van der Waals surface area contributed by atoms with E-state index in [1.165, 1.54) is 5.56 Å². The van der Waals surface area contributed by atoms with Crippen LogP contribution in [-0.2, 0) is 18.8 Å². The molecule has 0 atom stereocenters. The van der Waals surface area contributed by atoms with Crippen LogP contribution in [0.15, 0.2) is 34.1 Å². The van der Waals surface area contributed by atoms with E-state index in [1.54, 1.807) is 11.3 Å². The van der Waals surface area contributed by atoms with Crippen molar-refractivity contribution in [1.29, 1.82) is 0 Å². The first kappa shape index (κ1) is 15.0. The number of likely N-dealkylation sites (N-methyl/N-ethyl adjacent to an activating group) is 1. The second-order valence-corrected chi connectivity index (χ2v) is 6.61. The highest BCUT2D eigenvalue weighted by molar-refractivity contribution is 9.10. The van der Waals surface area contributed by atoms with Gasteiger partial charge < -0.3 is 4.90 Å². The molecule has 0 aliphatic rings. The number of alkyl halides is 1. The Morgan fingerprint density at radius 3 is 2.95 bits per heavy atom.